The second kappa shape index (κ2) is 8.02. The largest absolute Gasteiger partial charge is 0.486 e. The van der Waals surface area contributed by atoms with Gasteiger partial charge in [0.05, 0.1) is 18.2 Å². The first-order chi connectivity index (χ1) is 14.6. The predicted octanol–water partition coefficient (Wildman–Crippen LogP) is 4.95. The minimum Gasteiger partial charge on any atom is -0.486 e. The zero-order valence-electron chi connectivity index (χ0n) is 16.4. The van der Waals surface area contributed by atoms with Crippen LogP contribution < -0.4 is 9.64 Å². The highest BCUT2D eigenvalue weighted by molar-refractivity contribution is 6.31. The van der Waals surface area contributed by atoms with Gasteiger partial charge in [-0.25, -0.2) is 9.37 Å². The molecule has 2 aliphatic heterocycles. The maximum atomic E-state index is 14.1. The number of para-hydroxylation sites is 1. The molecule has 0 amide bonds. The number of rotatable bonds is 4. The third kappa shape index (κ3) is 3.71. The molecule has 156 valence electrons. The number of halogens is 2. The van der Waals surface area contributed by atoms with E-state index in [1.807, 2.05) is 30.3 Å². The van der Waals surface area contributed by atoms with E-state index in [1.165, 1.54) is 6.07 Å². The average Bonchev–Trinajstić information content (AvgIpc) is 3.21. The monoisotopic (exact) mass is 428 g/mol. The predicted molar refractivity (Wildman–Crippen MR) is 114 cm³/mol. The molecule has 5 rings (SSSR count). The topological polar surface area (TPSA) is 43.8 Å². The minimum absolute atomic E-state index is 0.0391. The van der Waals surface area contributed by atoms with Gasteiger partial charge in [-0.1, -0.05) is 29.8 Å². The van der Waals surface area contributed by atoms with Gasteiger partial charge in [0.1, 0.15) is 29.5 Å². The number of fused-ring (bicyclic) bond motifs is 1. The van der Waals surface area contributed by atoms with Crippen molar-refractivity contribution in [1.29, 1.82) is 0 Å². The maximum Gasteiger partial charge on any atom is 0.171 e. The molecule has 0 saturated carbocycles. The molecule has 2 fully saturated rings. The summed E-state index contributed by atoms with van der Waals surface area (Å²) in [6.45, 7) is 3.00. The first kappa shape index (κ1) is 19.5. The van der Waals surface area contributed by atoms with Crippen LogP contribution >= 0.6 is 11.6 Å². The van der Waals surface area contributed by atoms with Gasteiger partial charge in [-0.2, -0.15) is 0 Å². The number of hydrogen-bond acceptors (Lipinski definition) is 5. The number of nitrogens with zero attached hydrogens (tertiary/aromatic N) is 2. The van der Waals surface area contributed by atoms with Gasteiger partial charge in [0.15, 0.2) is 5.79 Å². The van der Waals surface area contributed by atoms with Crippen LogP contribution in [0, 0.1) is 5.82 Å². The lowest BCUT2D eigenvalue weighted by molar-refractivity contribution is -0.169. The van der Waals surface area contributed by atoms with Crippen LogP contribution in [-0.2, 0) is 16.1 Å². The van der Waals surface area contributed by atoms with Crippen LogP contribution in [0.1, 0.15) is 18.4 Å². The molecule has 2 aromatic carbocycles. The molecule has 3 heterocycles. The Kier molecular flexibility index (Phi) is 5.23. The number of hydrogen-bond donors (Lipinski definition) is 0. The Labute approximate surface area is 179 Å². The lowest BCUT2D eigenvalue weighted by Gasteiger charge is -2.38. The van der Waals surface area contributed by atoms with E-state index in [4.69, 9.17) is 30.8 Å². The summed E-state index contributed by atoms with van der Waals surface area (Å²) in [5, 5.41) is 1.31. The second-order valence-corrected chi connectivity index (χ2v) is 7.99. The molecule has 7 heteroatoms. The van der Waals surface area contributed by atoms with Gasteiger partial charge in [-0.05, 0) is 30.3 Å². The van der Waals surface area contributed by atoms with E-state index in [9.17, 15) is 4.39 Å². The molecule has 3 aromatic rings. The van der Waals surface area contributed by atoms with E-state index < -0.39 is 5.79 Å². The Morgan fingerprint density at radius 1 is 1.03 bits per heavy atom. The van der Waals surface area contributed by atoms with Crippen LogP contribution in [0.15, 0.2) is 48.5 Å². The highest BCUT2D eigenvalue weighted by Crippen LogP contribution is 2.34. The average molecular weight is 429 g/mol. The summed E-state index contributed by atoms with van der Waals surface area (Å²) in [6, 6.07) is 14.4. The van der Waals surface area contributed by atoms with Gasteiger partial charge in [0, 0.05) is 36.9 Å². The first-order valence-electron chi connectivity index (χ1n) is 10.1. The summed E-state index contributed by atoms with van der Waals surface area (Å²) >= 11 is 6.13. The van der Waals surface area contributed by atoms with Crippen molar-refractivity contribution in [2.75, 3.05) is 31.2 Å². The fourth-order valence-electron chi connectivity index (χ4n) is 4.08. The molecule has 0 aliphatic carbocycles. The molecule has 2 saturated heterocycles. The van der Waals surface area contributed by atoms with E-state index in [0.29, 0.717) is 29.5 Å². The lowest BCUT2D eigenvalue weighted by atomic mass is 10.0. The van der Waals surface area contributed by atoms with Crippen LogP contribution in [0.25, 0.3) is 10.9 Å². The number of piperidine rings is 1. The Bertz CT molecular complexity index is 1040. The van der Waals surface area contributed by atoms with Gasteiger partial charge < -0.3 is 19.1 Å². The summed E-state index contributed by atoms with van der Waals surface area (Å²) in [5.41, 5.74) is 1.08. The van der Waals surface area contributed by atoms with Crippen LogP contribution in [0.2, 0.25) is 5.02 Å². The van der Waals surface area contributed by atoms with Crippen molar-refractivity contribution >= 4 is 28.3 Å². The van der Waals surface area contributed by atoms with Gasteiger partial charge in [-0.15, -0.1) is 0 Å². The highest BCUT2D eigenvalue weighted by Gasteiger charge is 2.40. The van der Waals surface area contributed by atoms with Crippen molar-refractivity contribution in [3.63, 3.8) is 0 Å². The molecule has 0 unspecified atom stereocenters. The molecule has 1 spiro atoms. The van der Waals surface area contributed by atoms with Gasteiger partial charge in [-0.3, -0.25) is 0 Å². The summed E-state index contributed by atoms with van der Waals surface area (Å²) in [7, 11) is 0. The third-order valence-corrected chi connectivity index (χ3v) is 6.12. The standard InChI is InChI=1S/C23H22ClFN2O3/c24-18-4-2-5-19(25)17(18)15-28-20-6-1-3-16-7-8-21(26-22(16)20)27-11-9-23(10-12-27)29-13-14-30-23/h1-8H,9-15H2. The normalized spacial score (nSPS) is 18.3. The molecule has 5 nitrogen and oxygen atoms in total. The van der Waals surface area contributed by atoms with Gasteiger partial charge in [0.2, 0.25) is 0 Å². The fourth-order valence-corrected chi connectivity index (χ4v) is 4.30. The Hall–Kier alpha value is -2.41. The van der Waals surface area contributed by atoms with Crippen LogP contribution in [0.4, 0.5) is 10.2 Å². The lowest BCUT2D eigenvalue weighted by Crippen LogP contribution is -2.45. The molecule has 0 N–H and O–H groups in total. The summed E-state index contributed by atoms with van der Waals surface area (Å²) in [4.78, 5) is 7.10. The molecule has 1 aromatic heterocycles. The molecular formula is C23H22ClFN2O3. The quantitative estimate of drug-likeness (QED) is 0.588. The third-order valence-electron chi connectivity index (χ3n) is 5.77. The van der Waals surface area contributed by atoms with Crippen molar-refractivity contribution in [3.05, 3.63) is 64.9 Å². The number of aromatic nitrogens is 1. The Morgan fingerprint density at radius 3 is 2.57 bits per heavy atom. The van der Waals surface area contributed by atoms with Gasteiger partial charge in [0.25, 0.3) is 0 Å². The van der Waals surface area contributed by atoms with Crippen molar-refractivity contribution in [2.24, 2.45) is 0 Å². The zero-order chi connectivity index (χ0) is 20.6. The SMILES string of the molecule is Fc1cccc(Cl)c1COc1cccc2ccc(N3CCC4(CC3)OCCO4)nc12. The number of pyridine rings is 1. The summed E-state index contributed by atoms with van der Waals surface area (Å²) < 4.78 is 31.7. The van der Waals surface area contributed by atoms with Crippen LogP contribution in [-0.4, -0.2) is 37.1 Å². The summed E-state index contributed by atoms with van der Waals surface area (Å²) in [5.74, 6) is 0.690. The molecule has 30 heavy (non-hydrogen) atoms. The summed E-state index contributed by atoms with van der Waals surface area (Å²) in [6.07, 6.45) is 1.63. The molecule has 2 aliphatic rings. The molecular weight excluding hydrogens is 407 g/mol. The van der Waals surface area contributed by atoms with Crippen LogP contribution in [0.5, 0.6) is 5.75 Å². The molecule has 0 atom stereocenters. The van der Waals surface area contributed by atoms with E-state index in [0.717, 1.165) is 42.7 Å². The second-order valence-electron chi connectivity index (χ2n) is 7.58. The Morgan fingerprint density at radius 2 is 1.80 bits per heavy atom. The maximum absolute atomic E-state index is 14.1. The van der Waals surface area contributed by atoms with Crippen molar-refractivity contribution in [2.45, 2.75) is 25.2 Å². The van der Waals surface area contributed by atoms with Crippen molar-refractivity contribution in [1.82, 2.24) is 4.98 Å². The molecule has 0 radical (unpaired) electrons. The van der Waals surface area contributed by atoms with E-state index >= 15 is 0 Å². The van der Waals surface area contributed by atoms with Crippen molar-refractivity contribution in [3.8, 4) is 5.75 Å². The fraction of sp³-hybridized carbons (Fsp3) is 0.348. The van der Waals surface area contributed by atoms with Gasteiger partial charge >= 0.3 is 0 Å². The van der Waals surface area contributed by atoms with Crippen LogP contribution in [0.3, 0.4) is 0 Å². The number of anilines is 1. The van der Waals surface area contributed by atoms with Crippen molar-refractivity contribution < 1.29 is 18.6 Å². The first-order valence-corrected chi connectivity index (χ1v) is 10.5. The van der Waals surface area contributed by atoms with E-state index in [1.54, 1.807) is 12.1 Å². The zero-order valence-corrected chi connectivity index (χ0v) is 17.2. The Balaban J connectivity index is 1.37. The molecule has 0 bridgehead atoms. The van der Waals surface area contributed by atoms with E-state index in [2.05, 4.69) is 4.90 Å². The minimum atomic E-state index is -0.416. The smallest absolute Gasteiger partial charge is 0.171 e. The van der Waals surface area contributed by atoms with E-state index in [-0.39, 0.29) is 12.4 Å². The number of ether oxygens (including phenoxy) is 3. The highest BCUT2D eigenvalue weighted by atomic mass is 35.5. The number of benzene rings is 2.